The van der Waals surface area contributed by atoms with E-state index in [0.717, 1.165) is 38.3 Å². The van der Waals surface area contributed by atoms with E-state index in [9.17, 15) is 4.39 Å². The Hall–Kier alpha value is -0.970. The Morgan fingerprint density at radius 2 is 2.00 bits per heavy atom. The summed E-state index contributed by atoms with van der Waals surface area (Å²) in [5, 5.41) is 0. The van der Waals surface area contributed by atoms with Crippen LogP contribution in [-0.4, -0.2) is 48.6 Å². The van der Waals surface area contributed by atoms with Crippen LogP contribution in [0.4, 0.5) is 4.39 Å². The van der Waals surface area contributed by atoms with Crippen molar-refractivity contribution >= 4 is 0 Å². The summed E-state index contributed by atoms with van der Waals surface area (Å²) >= 11 is 0. The first-order valence-electron chi connectivity index (χ1n) is 6.60. The summed E-state index contributed by atoms with van der Waals surface area (Å²) in [6, 6.07) is 7.33. The van der Waals surface area contributed by atoms with E-state index in [1.54, 1.807) is 12.1 Å². The van der Waals surface area contributed by atoms with Crippen molar-refractivity contribution in [3.05, 3.63) is 35.6 Å². The fraction of sp³-hybridized carbons (Fsp3) is 0.571. The van der Waals surface area contributed by atoms with E-state index in [4.69, 9.17) is 5.73 Å². The third-order valence-corrected chi connectivity index (χ3v) is 3.67. The van der Waals surface area contributed by atoms with Crippen LogP contribution in [0.25, 0.3) is 0 Å². The lowest BCUT2D eigenvalue weighted by molar-refractivity contribution is 0.100. The van der Waals surface area contributed by atoms with Gasteiger partial charge >= 0.3 is 0 Å². The number of piperazine rings is 1. The Balaban J connectivity index is 1.83. The Bertz CT molecular complexity index is 375. The summed E-state index contributed by atoms with van der Waals surface area (Å²) in [6.45, 7) is 7.87. The molecule has 2 N–H and O–H groups in total. The summed E-state index contributed by atoms with van der Waals surface area (Å²) in [6.07, 6.45) is 0. The van der Waals surface area contributed by atoms with Gasteiger partial charge in [-0.1, -0.05) is 12.1 Å². The fourth-order valence-corrected chi connectivity index (χ4v) is 2.40. The predicted molar refractivity (Wildman–Crippen MR) is 71.8 cm³/mol. The maximum atomic E-state index is 13.1. The van der Waals surface area contributed by atoms with Gasteiger partial charge in [0.25, 0.3) is 0 Å². The molecule has 1 fully saturated rings. The van der Waals surface area contributed by atoms with E-state index in [0.29, 0.717) is 12.6 Å². The fourth-order valence-electron chi connectivity index (χ4n) is 2.40. The van der Waals surface area contributed by atoms with E-state index < -0.39 is 0 Å². The molecule has 1 aromatic carbocycles. The molecule has 1 aliphatic rings. The van der Waals surface area contributed by atoms with E-state index in [-0.39, 0.29) is 5.82 Å². The molecule has 0 saturated carbocycles. The van der Waals surface area contributed by atoms with E-state index >= 15 is 0 Å². The minimum absolute atomic E-state index is 0.150. The average molecular weight is 251 g/mol. The van der Waals surface area contributed by atoms with Crippen LogP contribution in [0.2, 0.25) is 0 Å². The number of nitrogens with two attached hydrogens (primary N) is 1. The highest BCUT2D eigenvalue weighted by molar-refractivity contribution is 5.16. The van der Waals surface area contributed by atoms with Gasteiger partial charge in [-0.05, 0) is 24.6 Å². The molecule has 2 rings (SSSR count). The smallest absolute Gasteiger partial charge is 0.123 e. The lowest BCUT2D eigenvalue weighted by Crippen LogP contribution is -2.51. The van der Waals surface area contributed by atoms with Crippen molar-refractivity contribution in [2.75, 3.05) is 32.7 Å². The number of rotatable bonds is 4. The van der Waals surface area contributed by atoms with Crippen molar-refractivity contribution in [3.8, 4) is 0 Å². The van der Waals surface area contributed by atoms with Gasteiger partial charge in [-0.3, -0.25) is 9.80 Å². The normalized spacial score (nSPS) is 19.9. The Morgan fingerprint density at radius 3 is 2.61 bits per heavy atom. The highest BCUT2D eigenvalue weighted by Gasteiger charge is 2.20. The van der Waals surface area contributed by atoms with Crippen LogP contribution in [0.15, 0.2) is 24.3 Å². The highest BCUT2D eigenvalue weighted by atomic mass is 19.1. The molecule has 1 heterocycles. The quantitative estimate of drug-likeness (QED) is 0.875. The van der Waals surface area contributed by atoms with Crippen LogP contribution < -0.4 is 5.73 Å². The van der Waals surface area contributed by atoms with Crippen molar-refractivity contribution in [3.63, 3.8) is 0 Å². The first kappa shape index (κ1) is 13.5. The van der Waals surface area contributed by atoms with Gasteiger partial charge in [-0.2, -0.15) is 0 Å². The molecule has 1 atom stereocenters. The minimum atomic E-state index is -0.150. The molecule has 0 aliphatic carbocycles. The monoisotopic (exact) mass is 251 g/mol. The van der Waals surface area contributed by atoms with E-state index in [2.05, 4.69) is 16.7 Å². The van der Waals surface area contributed by atoms with Gasteiger partial charge in [0.2, 0.25) is 0 Å². The molecule has 18 heavy (non-hydrogen) atoms. The zero-order valence-electron chi connectivity index (χ0n) is 11.0. The molecule has 3 nitrogen and oxygen atoms in total. The molecular weight excluding hydrogens is 229 g/mol. The summed E-state index contributed by atoms with van der Waals surface area (Å²) in [4.78, 5) is 4.79. The average Bonchev–Trinajstić information content (AvgIpc) is 2.39. The third kappa shape index (κ3) is 3.51. The molecule has 0 radical (unpaired) electrons. The van der Waals surface area contributed by atoms with Crippen LogP contribution in [0.1, 0.15) is 12.5 Å². The van der Waals surface area contributed by atoms with Gasteiger partial charge < -0.3 is 5.73 Å². The predicted octanol–water partition coefficient (Wildman–Crippen LogP) is 1.29. The first-order valence-corrected chi connectivity index (χ1v) is 6.60. The largest absolute Gasteiger partial charge is 0.329 e. The van der Waals surface area contributed by atoms with Crippen molar-refractivity contribution in [2.45, 2.75) is 19.5 Å². The molecule has 0 bridgehead atoms. The molecule has 1 unspecified atom stereocenters. The van der Waals surface area contributed by atoms with E-state index in [1.807, 2.05) is 6.07 Å². The Morgan fingerprint density at radius 1 is 1.28 bits per heavy atom. The SMILES string of the molecule is CC(CN)N1CCN(Cc2cccc(F)c2)CC1. The summed E-state index contributed by atoms with van der Waals surface area (Å²) in [5.74, 6) is -0.150. The second-order valence-electron chi connectivity index (χ2n) is 5.03. The van der Waals surface area contributed by atoms with Crippen LogP contribution in [0.5, 0.6) is 0 Å². The first-order chi connectivity index (χ1) is 8.69. The Labute approximate surface area is 108 Å². The summed E-state index contributed by atoms with van der Waals surface area (Å²) < 4.78 is 13.1. The van der Waals surface area contributed by atoms with Crippen molar-refractivity contribution in [1.29, 1.82) is 0 Å². The van der Waals surface area contributed by atoms with Crippen LogP contribution in [0, 0.1) is 5.82 Å². The number of halogens is 1. The highest BCUT2D eigenvalue weighted by Crippen LogP contribution is 2.11. The standard InChI is InChI=1S/C14H22FN3/c1-12(10-16)18-7-5-17(6-8-18)11-13-3-2-4-14(15)9-13/h2-4,9,12H,5-8,10-11,16H2,1H3. The molecule has 0 aromatic heterocycles. The number of hydrogen-bond acceptors (Lipinski definition) is 3. The van der Waals surface area contributed by atoms with Gasteiger partial charge in [0.15, 0.2) is 0 Å². The van der Waals surface area contributed by atoms with Crippen molar-refractivity contribution in [1.82, 2.24) is 9.80 Å². The molecule has 4 heteroatoms. The topological polar surface area (TPSA) is 32.5 Å². The van der Waals surface area contributed by atoms with Crippen molar-refractivity contribution in [2.24, 2.45) is 5.73 Å². The lowest BCUT2D eigenvalue weighted by atomic mass is 10.1. The zero-order valence-corrected chi connectivity index (χ0v) is 11.0. The minimum Gasteiger partial charge on any atom is -0.329 e. The summed E-state index contributed by atoms with van der Waals surface area (Å²) in [5.41, 5.74) is 6.73. The number of benzene rings is 1. The maximum Gasteiger partial charge on any atom is 0.123 e. The number of nitrogens with zero attached hydrogens (tertiary/aromatic N) is 2. The van der Waals surface area contributed by atoms with Gasteiger partial charge in [0.1, 0.15) is 5.82 Å². The van der Waals surface area contributed by atoms with Gasteiger partial charge in [-0.15, -0.1) is 0 Å². The second-order valence-corrected chi connectivity index (χ2v) is 5.03. The third-order valence-electron chi connectivity index (χ3n) is 3.67. The van der Waals surface area contributed by atoms with Crippen LogP contribution in [0.3, 0.4) is 0 Å². The second kappa shape index (κ2) is 6.27. The van der Waals surface area contributed by atoms with Gasteiger partial charge in [0.05, 0.1) is 0 Å². The molecule has 1 aromatic rings. The van der Waals surface area contributed by atoms with Gasteiger partial charge in [0, 0.05) is 45.3 Å². The number of hydrogen-bond donors (Lipinski definition) is 1. The van der Waals surface area contributed by atoms with Gasteiger partial charge in [-0.25, -0.2) is 4.39 Å². The molecule has 1 saturated heterocycles. The maximum absolute atomic E-state index is 13.1. The van der Waals surface area contributed by atoms with Crippen LogP contribution >= 0.6 is 0 Å². The lowest BCUT2D eigenvalue weighted by Gasteiger charge is -2.37. The molecule has 0 spiro atoms. The molecule has 100 valence electrons. The van der Waals surface area contributed by atoms with Crippen LogP contribution in [-0.2, 0) is 6.54 Å². The van der Waals surface area contributed by atoms with E-state index in [1.165, 1.54) is 6.07 Å². The summed E-state index contributed by atoms with van der Waals surface area (Å²) in [7, 11) is 0. The Kier molecular flexibility index (Phi) is 4.69. The van der Waals surface area contributed by atoms with Crippen molar-refractivity contribution < 1.29 is 4.39 Å². The molecule has 0 amide bonds. The molecular formula is C14H22FN3. The zero-order chi connectivity index (χ0) is 13.0. The molecule has 1 aliphatic heterocycles.